The molecule has 7 heteroatoms. The molecule has 1 atom stereocenters. The second kappa shape index (κ2) is 6.96. The predicted molar refractivity (Wildman–Crippen MR) is 93.3 cm³/mol. The van der Waals surface area contributed by atoms with Gasteiger partial charge in [0.1, 0.15) is 5.92 Å². The summed E-state index contributed by atoms with van der Waals surface area (Å²) in [6, 6.07) is 11.9. The van der Waals surface area contributed by atoms with Gasteiger partial charge in [0.15, 0.2) is 0 Å². The smallest absolute Gasteiger partial charge is 0.318 e. The minimum absolute atomic E-state index is 0.119. The molecule has 0 amide bonds. The van der Waals surface area contributed by atoms with Crippen LogP contribution in [-0.4, -0.2) is 16.1 Å². The summed E-state index contributed by atoms with van der Waals surface area (Å²) in [6.45, 7) is 0. The summed E-state index contributed by atoms with van der Waals surface area (Å²) in [4.78, 5) is 11.3. The van der Waals surface area contributed by atoms with E-state index in [1.165, 1.54) is 0 Å². The number of para-hydroxylation sites is 2. The Morgan fingerprint density at radius 1 is 1.14 bits per heavy atom. The van der Waals surface area contributed by atoms with E-state index in [-0.39, 0.29) is 4.99 Å². The van der Waals surface area contributed by atoms with Crippen LogP contribution in [0.3, 0.4) is 0 Å². The van der Waals surface area contributed by atoms with Gasteiger partial charge < -0.3 is 16.2 Å². The fraction of sp³-hybridized carbons (Fsp3) is 0.0667. The van der Waals surface area contributed by atoms with Crippen molar-refractivity contribution in [3.63, 3.8) is 0 Å². The van der Waals surface area contributed by atoms with Gasteiger partial charge in [-0.3, -0.25) is 4.79 Å². The number of halogens is 2. The van der Waals surface area contributed by atoms with Gasteiger partial charge in [-0.25, -0.2) is 0 Å². The molecule has 4 nitrogen and oxygen atoms in total. The molecule has 4 N–H and O–H groups in total. The Hall–Kier alpha value is -1.82. The lowest BCUT2D eigenvalue weighted by atomic mass is 9.97. The van der Waals surface area contributed by atoms with E-state index >= 15 is 0 Å². The highest BCUT2D eigenvalue weighted by atomic mass is 35.5. The topological polar surface area (TPSA) is 75.4 Å². The number of aliphatic carboxylic acids is 1. The Balaban J connectivity index is 2.49. The van der Waals surface area contributed by atoms with Gasteiger partial charge in [-0.05, 0) is 23.8 Å². The van der Waals surface area contributed by atoms with E-state index in [4.69, 9.17) is 41.2 Å². The third-order valence-corrected chi connectivity index (χ3v) is 3.89. The standard InChI is InChI=1S/C15H12Cl2N2O2S/c16-9-5-3-6-10(17)13(9)19-11-7-2-1-4-8(11)12(14(18)22)15(20)21/h1-7,12,19H,(H2,18,22)(H,20,21). The van der Waals surface area contributed by atoms with Gasteiger partial charge in [-0.2, -0.15) is 0 Å². The minimum Gasteiger partial charge on any atom is -0.480 e. The Morgan fingerprint density at radius 2 is 1.73 bits per heavy atom. The first-order valence-corrected chi connectivity index (χ1v) is 7.40. The lowest BCUT2D eigenvalue weighted by Gasteiger charge is -2.18. The maximum atomic E-state index is 11.4. The number of thiocarbonyl (C=S) groups is 1. The van der Waals surface area contributed by atoms with Crippen molar-refractivity contribution >= 4 is 57.8 Å². The number of benzene rings is 2. The highest BCUT2D eigenvalue weighted by Crippen LogP contribution is 2.35. The van der Waals surface area contributed by atoms with Crippen LogP contribution in [0.15, 0.2) is 42.5 Å². The van der Waals surface area contributed by atoms with E-state index in [1.807, 2.05) is 0 Å². The largest absolute Gasteiger partial charge is 0.480 e. The summed E-state index contributed by atoms with van der Waals surface area (Å²) in [5.74, 6) is -2.22. The molecule has 0 bridgehead atoms. The van der Waals surface area contributed by atoms with Gasteiger partial charge in [-0.1, -0.05) is 59.7 Å². The molecule has 0 fully saturated rings. The number of carbonyl (C=O) groups is 1. The first-order valence-electron chi connectivity index (χ1n) is 6.24. The number of hydrogen-bond acceptors (Lipinski definition) is 3. The molecule has 2 rings (SSSR count). The molecule has 0 aliphatic carbocycles. The van der Waals surface area contributed by atoms with Crippen LogP contribution in [0.4, 0.5) is 11.4 Å². The first kappa shape index (κ1) is 16.5. The van der Waals surface area contributed by atoms with E-state index < -0.39 is 11.9 Å². The number of hydrogen-bond donors (Lipinski definition) is 3. The van der Waals surface area contributed by atoms with Crippen LogP contribution in [0.5, 0.6) is 0 Å². The zero-order valence-corrected chi connectivity index (χ0v) is 13.5. The summed E-state index contributed by atoms with van der Waals surface area (Å²) in [5.41, 5.74) is 7.02. The van der Waals surface area contributed by atoms with E-state index in [9.17, 15) is 9.90 Å². The molecule has 0 aliphatic rings. The molecule has 2 aromatic carbocycles. The maximum Gasteiger partial charge on any atom is 0.318 e. The zero-order chi connectivity index (χ0) is 16.3. The van der Waals surface area contributed by atoms with Crippen molar-refractivity contribution < 1.29 is 9.90 Å². The third kappa shape index (κ3) is 3.50. The maximum absolute atomic E-state index is 11.4. The average molecular weight is 355 g/mol. The summed E-state index contributed by atoms with van der Waals surface area (Å²) in [7, 11) is 0. The summed E-state index contributed by atoms with van der Waals surface area (Å²) in [5, 5.41) is 13.2. The van der Waals surface area contributed by atoms with Gasteiger partial charge in [0, 0.05) is 5.69 Å². The Bertz CT molecular complexity index is 703. The Kier molecular flexibility index (Phi) is 5.24. The molecule has 0 aromatic heterocycles. The minimum atomic E-state index is -1.12. The molecule has 0 radical (unpaired) electrons. The van der Waals surface area contributed by atoms with Gasteiger partial charge in [0.05, 0.1) is 20.7 Å². The van der Waals surface area contributed by atoms with Crippen LogP contribution in [-0.2, 0) is 4.79 Å². The molecular formula is C15H12Cl2N2O2S. The molecule has 114 valence electrons. The number of nitrogens with one attached hydrogen (secondary N) is 1. The van der Waals surface area contributed by atoms with Crippen molar-refractivity contribution in [2.45, 2.75) is 5.92 Å². The molecule has 0 saturated carbocycles. The van der Waals surface area contributed by atoms with E-state index in [1.54, 1.807) is 42.5 Å². The SMILES string of the molecule is NC(=S)C(C(=O)O)c1ccccc1Nc1c(Cl)cccc1Cl. The van der Waals surface area contributed by atoms with Gasteiger partial charge >= 0.3 is 5.97 Å². The van der Waals surface area contributed by atoms with Crippen LogP contribution in [0, 0.1) is 0 Å². The Morgan fingerprint density at radius 3 is 2.27 bits per heavy atom. The second-order valence-electron chi connectivity index (χ2n) is 4.48. The monoisotopic (exact) mass is 354 g/mol. The highest BCUT2D eigenvalue weighted by Gasteiger charge is 2.25. The number of nitrogens with two attached hydrogens (primary N) is 1. The van der Waals surface area contributed by atoms with Crippen molar-refractivity contribution in [3.8, 4) is 0 Å². The molecule has 0 aliphatic heterocycles. The van der Waals surface area contributed by atoms with Crippen LogP contribution < -0.4 is 11.1 Å². The normalized spacial score (nSPS) is 11.7. The molecule has 22 heavy (non-hydrogen) atoms. The molecular weight excluding hydrogens is 343 g/mol. The summed E-state index contributed by atoms with van der Waals surface area (Å²) in [6.07, 6.45) is 0. The number of anilines is 2. The lowest BCUT2D eigenvalue weighted by Crippen LogP contribution is -2.27. The number of rotatable bonds is 5. The van der Waals surface area contributed by atoms with Crippen LogP contribution in [0.1, 0.15) is 11.5 Å². The van der Waals surface area contributed by atoms with Gasteiger partial charge in [0.25, 0.3) is 0 Å². The predicted octanol–water partition coefficient (Wildman–Crippen LogP) is 4.19. The van der Waals surface area contributed by atoms with Crippen molar-refractivity contribution in [1.82, 2.24) is 0 Å². The van der Waals surface area contributed by atoms with Crippen molar-refractivity contribution in [2.75, 3.05) is 5.32 Å². The summed E-state index contributed by atoms with van der Waals surface area (Å²) < 4.78 is 0. The first-order chi connectivity index (χ1) is 10.4. The number of carboxylic acid groups (broad SMARTS) is 1. The molecule has 2 aromatic rings. The lowest BCUT2D eigenvalue weighted by molar-refractivity contribution is -0.137. The van der Waals surface area contributed by atoms with E-state index in [0.29, 0.717) is 27.0 Å². The zero-order valence-electron chi connectivity index (χ0n) is 11.2. The number of carboxylic acids is 1. The van der Waals surface area contributed by atoms with Crippen molar-refractivity contribution in [2.24, 2.45) is 5.73 Å². The quantitative estimate of drug-likeness (QED) is 0.701. The average Bonchev–Trinajstić information content (AvgIpc) is 2.44. The van der Waals surface area contributed by atoms with Crippen LogP contribution in [0.2, 0.25) is 10.0 Å². The molecule has 1 unspecified atom stereocenters. The fourth-order valence-electron chi connectivity index (χ4n) is 2.02. The summed E-state index contributed by atoms with van der Waals surface area (Å²) >= 11 is 17.1. The Labute approximate surface area is 142 Å². The van der Waals surface area contributed by atoms with Crippen molar-refractivity contribution in [3.05, 3.63) is 58.1 Å². The van der Waals surface area contributed by atoms with Crippen LogP contribution in [0.25, 0.3) is 0 Å². The van der Waals surface area contributed by atoms with Crippen molar-refractivity contribution in [1.29, 1.82) is 0 Å². The highest BCUT2D eigenvalue weighted by molar-refractivity contribution is 7.80. The molecule has 0 spiro atoms. The van der Waals surface area contributed by atoms with Gasteiger partial charge in [-0.15, -0.1) is 0 Å². The van der Waals surface area contributed by atoms with Gasteiger partial charge in [0.2, 0.25) is 0 Å². The van der Waals surface area contributed by atoms with E-state index in [2.05, 4.69) is 5.32 Å². The van der Waals surface area contributed by atoms with E-state index in [0.717, 1.165) is 0 Å². The third-order valence-electron chi connectivity index (χ3n) is 3.03. The molecule has 0 saturated heterocycles. The molecule has 0 heterocycles. The second-order valence-corrected chi connectivity index (χ2v) is 5.77. The van der Waals surface area contributed by atoms with Crippen LogP contribution >= 0.6 is 35.4 Å². The fourth-order valence-corrected chi connectivity index (χ4v) is 2.74.